The number of aromatic nitrogens is 2. The third-order valence-electron chi connectivity index (χ3n) is 3.06. The second kappa shape index (κ2) is 5.40. The lowest BCUT2D eigenvalue weighted by Crippen LogP contribution is -2.29. The molecule has 0 atom stereocenters. The number of nitrogens with zero attached hydrogens (tertiary/aromatic N) is 1. The number of nitrogens with one attached hydrogen (secondary N) is 1. The maximum absolute atomic E-state index is 11.8. The number of rotatable bonds is 3. The van der Waals surface area contributed by atoms with Gasteiger partial charge in [0, 0.05) is 24.8 Å². The molecule has 22 heavy (non-hydrogen) atoms. The van der Waals surface area contributed by atoms with Crippen LogP contribution in [0.2, 0.25) is 0 Å². The molecule has 1 aliphatic heterocycles. The molecule has 2 aromatic rings. The average Bonchev–Trinajstić information content (AvgIpc) is 2.92. The fourth-order valence-corrected chi connectivity index (χ4v) is 2.12. The summed E-state index contributed by atoms with van der Waals surface area (Å²) in [7, 11) is 0. The number of hydrogen-bond acceptors (Lipinski definition) is 6. The molecule has 8 heteroatoms. The van der Waals surface area contributed by atoms with Crippen molar-refractivity contribution in [1.82, 2.24) is 9.55 Å². The van der Waals surface area contributed by atoms with Crippen molar-refractivity contribution >= 4 is 5.97 Å². The zero-order valence-corrected chi connectivity index (χ0v) is 11.6. The van der Waals surface area contributed by atoms with Crippen LogP contribution in [0, 0.1) is 0 Å². The fourth-order valence-electron chi connectivity index (χ4n) is 2.12. The molecule has 0 saturated carbocycles. The summed E-state index contributed by atoms with van der Waals surface area (Å²) in [6.07, 6.45) is 1.36. The molecular formula is C14H12N2O6. The van der Waals surface area contributed by atoms with Gasteiger partial charge in [-0.1, -0.05) is 0 Å². The first-order valence-electron chi connectivity index (χ1n) is 6.44. The van der Waals surface area contributed by atoms with Gasteiger partial charge in [-0.2, -0.15) is 0 Å². The maximum atomic E-state index is 11.8. The number of carbonyl (C=O) groups excluding carboxylic acids is 1. The fraction of sp³-hybridized carbons (Fsp3) is 0.214. The Morgan fingerprint density at radius 2 is 2.14 bits per heavy atom. The summed E-state index contributed by atoms with van der Waals surface area (Å²) < 4.78 is 17.0. The summed E-state index contributed by atoms with van der Waals surface area (Å²) in [6, 6.07) is 4.57. The van der Waals surface area contributed by atoms with E-state index in [1.807, 2.05) is 0 Å². The Balaban J connectivity index is 2.04. The molecule has 8 nitrogen and oxygen atoms in total. The van der Waals surface area contributed by atoms with Gasteiger partial charge >= 0.3 is 11.7 Å². The van der Waals surface area contributed by atoms with E-state index in [0.29, 0.717) is 17.1 Å². The molecule has 0 unspecified atom stereocenters. The Kier molecular flexibility index (Phi) is 3.42. The van der Waals surface area contributed by atoms with Crippen LogP contribution in [0.5, 0.6) is 17.2 Å². The van der Waals surface area contributed by atoms with Crippen molar-refractivity contribution in [3.8, 4) is 17.2 Å². The number of hydrogen-bond donors (Lipinski definition) is 1. The van der Waals surface area contributed by atoms with Gasteiger partial charge in [0.1, 0.15) is 0 Å². The molecule has 0 amide bonds. The highest BCUT2D eigenvalue weighted by molar-refractivity contribution is 5.72. The maximum Gasteiger partial charge on any atom is 0.328 e. The Labute approximate surface area is 123 Å². The van der Waals surface area contributed by atoms with Gasteiger partial charge in [0.2, 0.25) is 12.5 Å². The molecule has 1 aromatic carbocycles. The molecule has 0 bridgehead atoms. The third-order valence-corrected chi connectivity index (χ3v) is 3.06. The lowest BCUT2D eigenvalue weighted by molar-refractivity contribution is -0.132. The Hall–Kier alpha value is -3.03. The lowest BCUT2D eigenvalue weighted by Gasteiger charge is -2.12. The molecule has 114 valence electrons. The van der Waals surface area contributed by atoms with E-state index in [9.17, 15) is 14.4 Å². The van der Waals surface area contributed by atoms with E-state index in [-0.39, 0.29) is 19.1 Å². The molecule has 1 N–H and O–H groups in total. The SMILES string of the molecule is CC(=O)Oc1c(Cn2ccc(=O)[nH]c2=O)ccc2c1OCO2. The van der Waals surface area contributed by atoms with Gasteiger partial charge in [-0.15, -0.1) is 0 Å². The van der Waals surface area contributed by atoms with Gasteiger partial charge in [-0.05, 0) is 12.1 Å². The van der Waals surface area contributed by atoms with Gasteiger partial charge in [0.05, 0.1) is 6.54 Å². The number of aromatic amines is 1. The minimum Gasteiger partial charge on any atom is -0.453 e. The number of H-pyrrole nitrogens is 1. The van der Waals surface area contributed by atoms with E-state index in [1.54, 1.807) is 12.1 Å². The first-order valence-corrected chi connectivity index (χ1v) is 6.44. The standard InChI is InChI=1S/C14H12N2O6/c1-8(17)22-12-9(2-3-10-13(12)21-7-20-10)6-16-5-4-11(18)15-14(16)19/h2-5H,6-7H2,1H3,(H,15,18,19). The topological polar surface area (TPSA) is 99.6 Å². The van der Waals surface area contributed by atoms with Crippen LogP contribution in [0.25, 0.3) is 0 Å². The average molecular weight is 304 g/mol. The quantitative estimate of drug-likeness (QED) is 0.644. The van der Waals surface area contributed by atoms with Crippen LogP contribution < -0.4 is 25.5 Å². The summed E-state index contributed by atoms with van der Waals surface area (Å²) in [4.78, 5) is 36.3. The molecule has 0 spiro atoms. The first kappa shape index (κ1) is 13.9. The monoisotopic (exact) mass is 304 g/mol. The van der Waals surface area contributed by atoms with Crippen LogP contribution in [0.15, 0.2) is 34.0 Å². The Bertz CT molecular complexity index is 851. The summed E-state index contributed by atoms with van der Waals surface area (Å²) in [5.41, 5.74) is -0.486. The molecule has 1 aliphatic rings. The zero-order chi connectivity index (χ0) is 15.7. The van der Waals surface area contributed by atoms with Crippen LogP contribution in [0.1, 0.15) is 12.5 Å². The molecule has 0 saturated heterocycles. The van der Waals surface area contributed by atoms with Crippen LogP contribution in [-0.4, -0.2) is 22.3 Å². The molecule has 3 rings (SSSR count). The van der Waals surface area contributed by atoms with E-state index in [2.05, 4.69) is 4.98 Å². The summed E-state index contributed by atoms with van der Waals surface area (Å²) >= 11 is 0. The van der Waals surface area contributed by atoms with Crippen molar-refractivity contribution in [3.63, 3.8) is 0 Å². The van der Waals surface area contributed by atoms with E-state index in [4.69, 9.17) is 14.2 Å². The molecule has 1 aromatic heterocycles. The number of ether oxygens (including phenoxy) is 3. The highest BCUT2D eigenvalue weighted by atomic mass is 16.7. The Morgan fingerprint density at radius 1 is 1.32 bits per heavy atom. The van der Waals surface area contributed by atoms with Crippen molar-refractivity contribution in [3.05, 3.63) is 50.8 Å². The second-order valence-corrected chi connectivity index (χ2v) is 4.62. The zero-order valence-electron chi connectivity index (χ0n) is 11.6. The van der Waals surface area contributed by atoms with Gasteiger partial charge in [0.25, 0.3) is 5.56 Å². The van der Waals surface area contributed by atoms with Gasteiger partial charge in [0.15, 0.2) is 11.5 Å². The molecular weight excluding hydrogens is 292 g/mol. The van der Waals surface area contributed by atoms with Crippen molar-refractivity contribution in [2.45, 2.75) is 13.5 Å². The van der Waals surface area contributed by atoms with Crippen molar-refractivity contribution < 1.29 is 19.0 Å². The first-order chi connectivity index (χ1) is 10.5. The molecule has 2 heterocycles. The number of benzene rings is 1. The number of esters is 1. The van der Waals surface area contributed by atoms with Crippen molar-refractivity contribution in [2.24, 2.45) is 0 Å². The van der Waals surface area contributed by atoms with Crippen molar-refractivity contribution in [2.75, 3.05) is 6.79 Å². The summed E-state index contributed by atoms with van der Waals surface area (Å²) in [5, 5.41) is 0. The van der Waals surface area contributed by atoms with E-state index in [1.165, 1.54) is 23.8 Å². The smallest absolute Gasteiger partial charge is 0.328 e. The highest BCUT2D eigenvalue weighted by Gasteiger charge is 2.23. The minimum absolute atomic E-state index is 0.0334. The van der Waals surface area contributed by atoms with E-state index >= 15 is 0 Å². The molecule has 0 fully saturated rings. The van der Waals surface area contributed by atoms with Crippen LogP contribution in [0.4, 0.5) is 0 Å². The highest BCUT2D eigenvalue weighted by Crippen LogP contribution is 2.43. The number of fused-ring (bicyclic) bond motifs is 1. The van der Waals surface area contributed by atoms with Crippen LogP contribution >= 0.6 is 0 Å². The third kappa shape index (κ3) is 2.58. The van der Waals surface area contributed by atoms with Gasteiger partial charge < -0.3 is 14.2 Å². The lowest BCUT2D eigenvalue weighted by atomic mass is 10.1. The van der Waals surface area contributed by atoms with Crippen LogP contribution in [-0.2, 0) is 11.3 Å². The minimum atomic E-state index is -0.557. The van der Waals surface area contributed by atoms with E-state index in [0.717, 1.165) is 0 Å². The number of carbonyl (C=O) groups is 1. The molecule has 0 aliphatic carbocycles. The normalized spacial score (nSPS) is 12.2. The predicted octanol–water partition coefficient (Wildman–Crippen LogP) is 0.239. The predicted molar refractivity (Wildman–Crippen MR) is 74.3 cm³/mol. The van der Waals surface area contributed by atoms with Gasteiger partial charge in [-0.3, -0.25) is 19.1 Å². The van der Waals surface area contributed by atoms with E-state index < -0.39 is 17.2 Å². The second-order valence-electron chi connectivity index (χ2n) is 4.62. The molecule has 0 radical (unpaired) electrons. The summed E-state index contributed by atoms with van der Waals surface area (Å²) in [5.74, 6) is 0.485. The Morgan fingerprint density at radius 3 is 2.86 bits per heavy atom. The van der Waals surface area contributed by atoms with Crippen LogP contribution in [0.3, 0.4) is 0 Å². The van der Waals surface area contributed by atoms with Gasteiger partial charge in [-0.25, -0.2) is 4.79 Å². The van der Waals surface area contributed by atoms with Crippen molar-refractivity contribution in [1.29, 1.82) is 0 Å². The summed E-state index contributed by atoms with van der Waals surface area (Å²) in [6.45, 7) is 1.41. The largest absolute Gasteiger partial charge is 0.453 e.